The zero-order chi connectivity index (χ0) is 20.0. The van der Waals surface area contributed by atoms with Crippen LogP contribution in [0.1, 0.15) is 43.5 Å². The minimum absolute atomic E-state index is 0.0425. The van der Waals surface area contributed by atoms with E-state index in [0.717, 1.165) is 19.3 Å². The van der Waals surface area contributed by atoms with E-state index in [-0.39, 0.29) is 16.6 Å². The van der Waals surface area contributed by atoms with Gasteiger partial charge in [-0.25, -0.2) is 8.42 Å². The standard InChI is InChI=1S/C19H31N3O4S/c1-14-10-15(2)13-22(12-14)27(24,25)18-11-16(6-7-17(18)26-3)19(23)21-9-5-4-8-20/h6-7,11,14-15H,4-5,8-10,12-13,20H2,1-3H3,(H,21,23). The van der Waals surface area contributed by atoms with Crippen LogP contribution in [0.4, 0.5) is 0 Å². The molecule has 3 N–H and O–H groups in total. The van der Waals surface area contributed by atoms with Crippen LogP contribution in [0.25, 0.3) is 0 Å². The van der Waals surface area contributed by atoms with E-state index in [1.807, 2.05) is 0 Å². The third-order valence-corrected chi connectivity index (χ3v) is 6.65. The van der Waals surface area contributed by atoms with E-state index < -0.39 is 10.0 Å². The summed E-state index contributed by atoms with van der Waals surface area (Å²) in [6.45, 7) is 6.15. The molecule has 27 heavy (non-hydrogen) atoms. The molecule has 1 heterocycles. The van der Waals surface area contributed by atoms with Gasteiger partial charge in [-0.1, -0.05) is 13.8 Å². The zero-order valence-corrected chi connectivity index (χ0v) is 17.2. The molecule has 2 atom stereocenters. The van der Waals surface area contributed by atoms with Crippen molar-refractivity contribution in [2.45, 2.75) is 38.0 Å². The number of ether oxygens (including phenoxy) is 1. The molecule has 152 valence electrons. The van der Waals surface area contributed by atoms with E-state index in [0.29, 0.717) is 43.6 Å². The molecule has 1 aromatic rings. The molecule has 1 fully saturated rings. The summed E-state index contributed by atoms with van der Waals surface area (Å²) in [6, 6.07) is 4.53. The first-order chi connectivity index (χ1) is 12.8. The molecule has 2 unspecified atom stereocenters. The molecular formula is C19H31N3O4S. The van der Waals surface area contributed by atoms with Crippen LogP contribution >= 0.6 is 0 Å². The summed E-state index contributed by atoms with van der Waals surface area (Å²) in [7, 11) is -2.31. The van der Waals surface area contributed by atoms with Crippen LogP contribution in [-0.4, -0.2) is 51.9 Å². The largest absolute Gasteiger partial charge is 0.495 e. The number of nitrogens with one attached hydrogen (secondary N) is 1. The van der Waals surface area contributed by atoms with Crippen molar-refractivity contribution in [2.75, 3.05) is 33.3 Å². The Morgan fingerprint density at radius 1 is 1.26 bits per heavy atom. The minimum atomic E-state index is -3.74. The van der Waals surface area contributed by atoms with Crippen molar-refractivity contribution in [2.24, 2.45) is 17.6 Å². The van der Waals surface area contributed by atoms with E-state index in [9.17, 15) is 13.2 Å². The maximum Gasteiger partial charge on any atom is 0.251 e. The molecule has 0 spiro atoms. The van der Waals surface area contributed by atoms with Gasteiger partial charge >= 0.3 is 0 Å². The molecule has 1 aliphatic rings. The number of piperidine rings is 1. The van der Waals surface area contributed by atoms with Crippen LogP contribution in [0, 0.1) is 11.8 Å². The summed E-state index contributed by atoms with van der Waals surface area (Å²) in [5.41, 5.74) is 5.75. The fraction of sp³-hybridized carbons (Fsp3) is 0.632. The predicted octanol–water partition coefficient (Wildman–Crippen LogP) is 1.83. The average Bonchev–Trinajstić information content (AvgIpc) is 2.63. The van der Waals surface area contributed by atoms with Gasteiger partial charge in [0, 0.05) is 25.2 Å². The number of benzene rings is 1. The van der Waals surface area contributed by atoms with Gasteiger partial charge in [-0.05, 0) is 55.8 Å². The monoisotopic (exact) mass is 397 g/mol. The number of amides is 1. The average molecular weight is 398 g/mol. The lowest BCUT2D eigenvalue weighted by molar-refractivity contribution is 0.0952. The maximum absolute atomic E-state index is 13.2. The second-order valence-corrected chi connectivity index (χ2v) is 9.29. The number of nitrogens with two attached hydrogens (primary N) is 1. The molecule has 7 nitrogen and oxygen atoms in total. The van der Waals surface area contributed by atoms with Crippen molar-refractivity contribution in [3.8, 4) is 5.75 Å². The Morgan fingerprint density at radius 3 is 2.52 bits per heavy atom. The fourth-order valence-electron chi connectivity index (χ4n) is 3.53. The number of hydrogen-bond donors (Lipinski definition) is 2. The van der Waals surface area contributed by atoms with Gasteiger partial charge in [-0.2, -0.15) is 4.31 Å². The Bertz CT molecular complexity index is 741. The summed E-state index contributed by atoms with van der Waals surface area (Å²) in [5, 5.41) is 2.80. The third kappa shape index (κ3) is 5.43. The lowest BCUT2D eigenvalue weighted by atomic mass is 9.94. The van der Waals surface area contributed by atoms with Gasteiger partial charge in [-0.3, -0.25) is 4.79 Å². The van der Waals surface area contributed by atoms with E-state index >= 15 is 0 Å². The van der Waals surface area contributed by atoms with Gasteiger partial charge in [0.25, 0.3) is 5.91 Å². The Hall–Kier alpha value is -1.64. The highest BCUT2D eigenvalue weighted by atomic mass is 32.2. The Kier molecular flexibility index (Phi) is 7.64. The first-order valence-corrected chi connectivity index (χ1v) is 10.9. The van der Waals surface area contributed by atoms with E-state index in [4.69, 9.17) is 10.5 Å². The first kappa shape index (κ1) is 21.7. The second-order valence-electron chi connectivity index (χ2n) is 7.39. The molecule has 0 aromatic heterocycles. The topological polar surface area (TPSA) is 102 Å². The van der Waals surface area contributed by atoms with Gasteiger partial charge in [0.2, 0.25) is 10.0 Å². The minimum Gasteiger partial charge on any atom is -0.495 e. The molecule has 0 saturated carbocycles. The summed E-state index contributed by atoms with van der Waals surface area (Å²) in [5.74, 6) is 0.541. The SMILES string of the molecule is COc1ccc(C(=O)NCCCCN)cc1S(=O)(=O)N1CC(C)CC(C)C1. The molecule has 1 aromatic carbocycles. The van der Waals surface area contributed by atoms with Gasteiger partial charge in [0.05, 0.1) is 7.11 Å². The molecule has 1 amide bonds. The van der Waals surface area contributed by atoms with Crippen LogP contribution in [0.3, 0.4) is 0 Å². The smallest absolute Gasteiger partial charge is 0.251 e. The number of nitrogens with zero attached hydrogens (tertiary/aromatic N) is 1. The first-order valence-electron chi connectivity index (χ1n) is 9.46. The third-order valence-electron chi connectivity index (χ3n) is 4.80. The predicted molar refractivity (Wildman–Crippen MR) is 105 cm³/mol. The summed E-state index contributed by atoms with van der Waals surface area (Å²) in [6.07, 6.45) is 2.62. The van der Waals surface area contributed by atoms with E-state index in [1.165, 1.54) is 17.5 Å². The molecule has 0 radical (unpaired) electrons. The Balaban J connectivity index is 2.27. The lowest BCUT2D eigenvalue weighted by Gasteiger charge is -2.34. The number of methoxy groups -OCH3 is 1. The highest BCUT2D eigenvalue weighted by Crippen LogP contribution is 2.32. The molecule has 1 saturated heterocycles. The molecule has 2 rings (SSSR count). The number of carbonyl (C=O) groups excluding carboxylic acids is 1. The Labute approximate surface area is 162 Å². The van der Waals surface area contributed by atoms with Crippen LogP contribution in [-0.2, 0) is 10.0 Å². The normalized spacial score (nSPS) is 21.0. The summed E-state index contributed by atoms with van der Waals surface area (Å²) in [4.78, 5) is 12.4. The van der Waals surface area contributed by atoms with Crippen LogP contribution in [0.15, 0.2) is 23.1 Å². The highest BCUT2D eigenvalue weighted by molar-refractivity contribution is 7.89. The second kappa shape index (κ2) is 9.52. The van der Waals surface area contributed by atoms with Crippen molar-refractivity contribution in [1.82, 2.24) is 9.62 Å². The van der Waals surface area contributed by atoms with Crippen molar-refractivity contribution in [3.05, 3.63) is 23.8 Å². The number of hydrogen-bond acceptors (Lipinski definition) is 5. The van der Waals surface area contributed by atoms with E-state index in [1.54, 1.807) is 12.1 Å². The molecule has 0 bridgehead atoms. The highest BCUT2D eigenvalue weighted by Gasteiger charge is 2.34. The number of carbonyl (C=O) groups is 1. The van der Waals surface area contributed by atoms with Crippen LogP contribution < -0.4 is 15.8 Å². The summed E-state index contributed by atoms with van der Waals surface area (Å²) < 4.78 is 33.2. The number of unbranched alkanes of at least 4 members (excludes halogenated alkanes) is 1. The zero-order valence-electron chi connectivity index (χ0n) is 16.4. The van der Waals surface area contributed by atoms with Crippen LogP contribution in [0.2, 0.25) is 0 Å². The van der Waals surface area contributed by atoms with Crippen molar-refractivity contribution in [3.63, 3.8) is 0 Å². The molecule has 1 aliphatic heterocycles. The number of rotatable bonds is 8. The lowest BCUT2D eigenvalue weighted by Crippen LogP contribution is -2.42. The Morgan fingerprint density at radius 2 is 1.93 bits per heavy atom. The number of sulfonamides is 1. The van der Waals surface area contributed by atoms with Gasteiger partial charge < -0.3 is 15.8 Å². The molecular weight excluding hydrogens is 366 g/mol. The fourth-order valence-corrected chi connectivity index (χ4v) is 5.40. The van der Waals surface area contributed by atoms with Gasteiger partial charge in [-0.15, -0.1) is 0 Å². The van der Waals surface area contributed by atoms with Gasteiger partial charge in [0.1, 0.15) is 10.6 Å². The van der Waals surface area contributed by atoms with Crippen LogP contribution in [0.5, 0.6) is 5.75 Å². The van der Waals surface area contributed by atoms with Crippen molar-refractivity contribution >= 4 is 15.9 Å². The molecule has 0 aliphatic carbocycles. The van der Waals surface area contributed by atoms with E-state index in [2.05, 4.69) is 19.2 Å². The van der Waals surface area contributed by atoms with Crippen molar-refractivity contribution in [1.29, 1.82) is 0 Å². The summed E-state index contributed by atoms with van der Waals surface area (Å²) >= 11 is 0. The maximum atomic E-state index is 13.2. The molecule has 8 heteroatoms. The quantitative estimate of drug-likeness (QED) is 0.652. The van der Waals surface area contributed by atoms with Crippen molar-refractivity contribution < 1.29 is 17.9 Å². The van der Waals surface area contributed by atoms with Gasteiger partial charge in [0.15, 0.2) is 0 Å².